The van der Waals surface area contributed by atoms with E-state index in [0.717, 1.165) is 42.6 Å². The minimum absolute atomic E-state index is 0.0336. The third kappa shape index (κ3) is 2.97. The summed E-state index contributed by atoms with van der Waals surface area (Å²) in [7, 11) is 1.80. The highest BCUT2D eigenvalue weighted by Crippen LogP contribution is 2.23. The fraction of sp³-hybridized carbons (Fsp3) is 0.714. The van der Waals surface area contributed by atoms with Crippen LogP contribution in [0.2, 0.25) is 0 Å². The van der Waals surface area contributed by atoms with E-state index in [1.165, 1.54) is 0 Å². The van der Waals surface area contributed by atoms with E-state index in [2.05, 4.69) is 10.2 Å². The Morgan fingerprint density at radius 2 is 2.11 bits per heavy atom. The van der Waals surface area contributed by atoms with Crippen LogP contribution in [0.4, 0.5) is 0 Å². The molecule has 5 nitrogen and oxygen atoms in total. The van der Waals surface area contributed by atoms with E-state index >= 15 is 0 Å². The Morgan fingerprint density at radius 1 is 1.42 bits per heavy atom. The van der Waals surface area contributed by atoms with Gasteiger partial charge in [0.15, 0.2) is 0 Å². The second-order valence-corrected chi connectivity index (χ2v) is 5.51. The summed E-state index contributed by atoms with van der Waals surface area (Å²) in [5, 5.41) is 17.0. The molecule has 1 amide bonds. The summed E-state index contributed by atoms with van der Waals surface area (Å²) in [6.07, 6.45) is 3.81. The third-order valence-electron chi connectivity index (χ3n) is 4.19. The number of hydrogen-bond donors (Lipinski definition) is 2. The van der Waals surface area contributed by atoms with Gasteiger partial charge in [0.1, 0.15) is 0 Å². The average Bonchev–Trinajstić information content (AvgIpc) is 2.70. The van der Waals surface area contributed by atoms with E-state index in [1.54, 1.807) is 11.9 Å². The molecule has 0 aliphatic heterocycles. The van der Waals surface area contributed by atoms with Crippen molar-refractivity contribution < 1.29 is 9.90 Å². The molecule has 2 unspecified atom stereocenters. The number of hydrogen-bond acceptors (Lipinski definition) is 3. The number of carbonyl (C=O) groups is 1. The van der Waals surface area contributed by atoms with Gasteiger partial charge in [0.2, 0.25) is 5.91 Å². The van der Waals surface area contributed by atoms with Crippen molar-refractivity contribution in [2.24, 2.45) is 0 Å². The van der Waals surface area contributed by atoms with Crippen LogP contribution in [0.25, 0.3) is 0 Å². The number of likely N-dealkylation sites (N-methyl/N-ethyl adjacent to an activating group) is 1. The van der Waals surface area contributed by atoms with Gasteiger partial charge in [-0.15, -0.1) is 0 Å². The third-order valence-corrected chi connectivity index (χ3v) is 4.19. The highest BCUT2D eigenvalue weighted by Gasteiger charge is 2.29. The summed E-state index contributed by atoms with van der Waals surface area (Å²) >= 11 is 0. The number of nitrogens with one attached hydrogen (secondary N) is 1. The first-order valence-electron chi connectivity index (χ1n) is 6.95. The van der Waals surface area contributed by atoms with Crippen LogP contribution in [-0.2, 0) is 11.2 Å². The molecule has 1 fully saturated rings. The SMILES string of the molecule is Cc1n[nH]c(C)c1CC(=O)N(C)C1CCCCC1O. The first-order valence-corrected chi connectivity index (χ1v) is 6.95. The van der Waals surface area contributed by atoms with Gasteiger partial charge >= 0.3 is 0 Å². The lowest BCUT2D eigenvalue weighted by Gasteiger charge is -2.35. The molecule has 1 aromatic rings. The van der Waals surface area contributed by atoms with Crippen molar-refractivity contribution >= 4 is 5.91 Å². The van der Waals surface area contributed by atoms with Crippen molar-refractivity contribution in [3.8, 4) is 0 Å². The number of aryl methyl sites for hydroxylation is 2. The van der Waals surface area contributed by atoms with Crippen molar-refractivity contribution in [1.82, 2.24) is 15.1 Å². The van der Waals surface area contributed by atoms with Crippen LogP contribution < -0.4 is 0 Å². The molecule has 1 aliphatic carbocycles. The minimum atomic E-state index is -0.380. The zero-order valence-electron chi connectivity index (χ0n) is 11.9. The molecule has 0 radical (unpaired) electrons. The van der Waals surface area contributed by atoms with Crippen LogP contribution in [0, 0.1) is 13.8 Å². The molecule has 1 aliphatic rings. The molecule has 1 aromatic heterocycles. The van der Waals surface area contributed by atoms with Crippen molar-refractivity contribution in [2.75, 3.05) is 7.05 Å². The van der Waals surface area contributed by atoms with Gasteiger partial charge in [0.05, 0.1) is 24.3 Å². The van der Waals surface area contributed by atoms with Crippen molar-refractivity contribution in [2.45, 2.75) is 58.1 Å². The number of carbonyl (C=O) groups excluding carboxylic acids is 1. The van der Waals surface area contributed by atoms with Gasteiger partial charge in [-0.3, -0.25) is 9.89 Å². The van der Waals surface area contributed by atoms with E-state index in [1.807, 2.05) is 13.8 Å². The van der Waals surface area contributed by atoms with Crippen LogP contribution in [-0.4, -0.2) is 45.3 Å². The van der Waals surface area contributed by atoms with Crippen LogP contribution in [0.15, 0.2) is 0 Å². The number of aliphatic hydroxyl groups excluding tert-OH is 1. The van der Waals surface area contributed by atoms with E-state index < -0.39 is 0 Å². The van der Waals surface area contributed by atoms with Gasteiger partial charge in [-0.2, -0.15) is 5.10 Å². The topological polar surface area (TPSA) is 69.2 Å². The molecule has 106 valence electrons. The van der Waals surface area contributed by atoms with Crippen molar-refractivity contribution in [3.63, 3.8) is 0 Å². The second kappa shape index (κ2) is 5.74. The van der Waals surface area contributed by atoms with Crippen LogP contribution >= 0.6 is 0 Å². The molecule has 2 atom stereocenters. The lowest BCUT2D eigenvalue weighted by molar-refractivity contribution is -0.134. The number of aromatic amines is 1. The summed E-state index contributed by atoms with van der Waals surface area (Å²) in [6, 6.07) is -0.0336. The standard InChI is InChI=1S/C14H23N3O2/c1-9-11(10(2)16-15-9)8-14(19)17(3)12-6-4-5-7-13(12)18/h12-13,18H,4-8H2,1-3H3,(H,15,16). The number of aromatic nitrogens is 2. The molecule has 0 bridgehead atoms. The Balaban J connectivity index is 2.03. The van der Waals surface area contributed by atoms with E-state index in [4.69, 9.17) is 0 Å². The van der Waals surface area contributed by atoms with Gasteiger partial charge in [-0.1, -0.05) is 12.8 Å². The molecule has 0 saturated heterocycles. The fourth-order valence-corrected chi connectivity index (χ4v) is 2.84. The maximum atomic E-state index is 12.3. The number of nitrogens with zero attached hydrogens (tertiary/aromatic N) is 2. The summed E-state index contributed by atoms with van der Waals surface area (Å²) in [4.78, 5) is 14.1. The summed E-state index contributed by atoms with van der Waals surface area (Å²) in [5.74, 6) is 0.0542. The monoisotopic (exact) mass is 265 g/mol. The predicted molar refractivity (Wildman–Crippen MR) is 72.8 cm³/mol. The zero-order chi connectivity index (χ0) is 14.0. The maximum Gasteiger partial charge on any atom is 0.227 e. The Morgan fingerprint density at radius 3 is 2.68 bits per heavy atom. The molecule has 2 N–H and O–H groups in total. The molecular formula is C14H23N3O2. The predicted octanol–water partition coefficient (Wildman–Crippen LogP) is 1.33. The van der Waals surface area contributed by atoms with Gasteiger partial charge in [-0.25, -0.2) is 0 Å². The van der Waals surface area contributed by atoms with Crippen LogP contribution in [0.3, 0.4) is 0 Å². The Bertz CT molecular complexity index is 436. The zero-order valence-corrected chi connectivity index (χ0v) is 11.9. The second-order valence-electron chi connectivity index (χ2n) is 5.51. The summed E-state index contributed by atoms with van der Waals surface area (Å²) < 4.78 is 0. The summed E-state index contributed by atoms with van der Waals surface area (Å²) in [5.41, 5.74) is 2.80. The molecule has 0 aromatic carbocycles. The van der Waals surface area contributed by atoms with E-state index in [9.17, 15) is 9.90 Å². The highest BCUT2D eigenvalue weighted by molar-refractivity contribution is 5.79. The number of rotatable bonds is 3. The van der Waals surface area contributed by atoms with Gasteiger partial charge < -0.3 is 10.0 Å². The van der Waals surface area contributed by atoms with Gasteiger partial charge in [0.25, 0.3) is 0 Å². The Labute approximate surface area is 114 Å². The molecule has 2 rings (SSSR count). The van der Waals surface area contributed by atoms with E-state index in [-0.39, 0.29) is 18.1 Å². The number of amides is 1. The minimum Gasteiger partial charge on any atom is -0.391 e. The molecule has 5 heteroatoms. The van der Waals surface area contributed by atoms with Crippen LogP contribution in [0.1, 0.15) is 42.6 Å². The molecule has 1 saturated carbocycles. The average molecular weight is 265 g/mol. The molecule has 0 spiro atoms. The smallest absolute Gasteiger partial charge is 0.227 e. The van der Waals surface area contributed by atoms with E-state index in [0.29, 0.717) is 6.42 Å². The summed E-state index contributed by atoms with van der Waals surface area (Å²) in [6.45, 7) is 3.83. The largest absolute Gasteiger partial charge is 0.391 e. The first kappa shape index (κ1) is 14.1. The highest BCUT2D eigenvalue weighted by atomic mass is 16.3. The molecule has 19 heavy (non-hydrogen) atoms. The van der Waals surface area contributed by atoms with Crippen molar-refractivity contribution in [1.29, 1.82) is 0 Å². The normalized spacial score (nSPS) is 23.4. The van der Waals surface area contributed by atoms with Gasteiger partial charge in [-0.05, 0) is 26.7 Å². The van der Waals surface area contributed by atoms with Gasteiger partial charge in [0, 0.05) is 18.3 Å². The molecular weight excluding hydrogens is 242 g/mol. The number of aliphatic hydroxyl groups is 1. The Hall–Kier alpha value is -1.36. The van der Waals surface area contributed by atoms with Crippen LogP contribution in [0.5, 0.6) is 0 Å². The molecule has 1 heterocycles. The quantitative estimate of drug-likeness (QED) is 0.866. The fourth-order valence-electron chi connectivity index (χ4n) is 2.84. The lowest BCUT2D eigenvalue weighted by atomic mass is 9.91. The Kier molecular flexibility index (Phi) is 4.24. The van der Waals surface area contributed by atoms with Crippen molar-refractivity contribution in [3.05, 3.63) is 17.0 Å². The number of H-pyrrole nitrogens is 1. The maximum absolute atomic E-state index is 12.3. The lowest BCUT2D eigenvalue weighted by Crippen LogP contribution is -2.46. The first-order chi connectivity index (χ1) is 9.00.